The fourth-order valence-electron chi connectivity index (χ4n) is 1.69. The van der Waals surface area contributed by atoms with Crippen LogP contribution in [0.25, 0.3) is 0 Å². The fourth-order valence-corrected chi connectivity index (χ4v) is 2.99. The number of aryl methyl sites for hydroxylation is 1. The zero-order valence-electron chi connectivity index (χ0n) is 12.8. The molecule has 0 aliphatic heterocycles. The van der Waals surface area contributed by atoms with Gasteiger partial charge in [0.1, 0.15) is 9.84 Å². The van der Waals surface area contributed by atoms with E-state index in [1.54, 1.807) is 11.3 Å². The molecule has 1 heterocycles. The number of hydrogen-bond donors (Lipinski definition) is 2. The number of nitrogens with one attached hydrogen (secondary N) is 2. The molecule has 0 spiro atoms. The van der Waals surface area contributed by atoms with Gasteiger partial charge in [-0.3, -0.25) is 4.99 Å². The molecule has 0 saturated carbocycles. The minimum atomic E-state index is -2.90. The number of aliphatic imine (C=N–C) groups is 1. The summed E-state index contributed by atoms with van der Waals surface area (Å²) in [6.45, 7) is 6.01. The second kappa shape index (κ2) is 8.99. The van der Waals surface area contributed by atoms with Gasteiger partial charge in [-0.1, -0.05) is 0 Å². The van der Waals surface area contributed by atoms with Crippen LogP contribution in [-0.2, 0) is 16.3 Å². The number of aromatic nitrogens is 1. The summed E-state index contributed by atoms with van der Waals surface area (Å²) < 4.78 is 22.1. The highest BCUT2D eigenvalue weighted by molar-refractivity contribution is 7.90. The van der Waals surface area contributed by atoms with E-state index in [4.69, 9.17) is 0 Å². The largest absolute Gasteiger partial charge is 0.357 e. The van der Waals surface area contributed by atoms with Gasteiger partial charge in [-0.15, -0.1) is 11.3 Å². The van der Waals surface area contributed by atoms with Crippen LogP contribution >= 0.6 is 11.3 Å². The molecule has 1 rings (SSSR count). The van der Waals surface area contributed by atoms with Gasteiger partial charge < -0.3 is 10.6 Å². The zero-order valence-corrected chi connectivity index (χ0v) is 14.5. The smallest absolute Gasteiger partial charge is 0.191 e. The Bertz CT molecular complexity index is 552. The molecule has 0 aromatic carbocycles. The monoisotopic (exact) mass is 332 g/mol. The van der Waals surface area contributed by atoms with Crippen LogP contribution in [0.4, 0.5) is 0 Å². The van der Waals surface area contributed by atoms with Gasteiger partial charge in [0.05, 0.1) is 16.5 Å². The summed E-state index contributed by atoms with van der Waals surface area (Å²) in [6.07, 6.45) is 2.63. The number of rotatable bonds is 8. The van der Waals surface area contributed by atoms with Crippen molar-refractivity contribution in [1.82, 2.24) is 15.6 Å². The van der Waals surface area contributed by atoms with Gasteiger partial charge in [0.25, 0.3) is 0 Å². The molecule has 1 aromatic heterocycles. The van der Waals surface area contributed by atoms with Crippen molar-refractivity contribution in [3.05, 3.63) is 16.1 Å². The van der Waals surface area contributed by atoms with Gasteiger partial charge in [0.2, 0.25) is 0 Å². The first kappa shape index (κ1) is 17.9. The van der Waals surface area contributed by atoms with Crippen molar-refractivity contribution >= 4 is 27.1 Å². The maximum absolute atomic E-state index is 11.0. The molecule has 8 heteroatoms. The average molecular weight is 332 g/mol. The molecule has 0 aliphatic carbocycles. The number of sulfone groups is 1. The van der Waals surface area contributed by atoms with Gasteiger partial charge in [0.15, 0.2) is 5.96 Å². The molecule has 0 aliphatic rings. The summed E-state index contributed by atoms with van der Waals surface area (Å²) in [5, 5.41) is 9.51. The maximum atomic E-state index is 11.0. The third-order valence-corrected chi connectivity index (χ3v) is 4.48. The summed E-state index contributed by atoms with van der Waals surface area (Å²) in [4.78, 5) is 8.77. The molecule has 2 N–H and O–H groups in total. The Morgan fingerprint density at radius 2 is 2.19 bits per heavy atom. The maximum Gasteiger partial charge on any atom is 0.191 e. The summed E-state index contributed by atoms with van der Waals surface area (Å²) in [7, 11) is -2.90. The van der Waals surface area contributed by atoms with Gasteiger partial charge in [-0.05, 0) is 20.3 Å². The van der Waals surface area contributed by atoms with Crippen molar-refractivity contribution in [3.63, 3.8) is 0 Å². The zero-order chi connectivity index (χ0) is 15.7. The van der Waals surface area contributed by atoms with Crippen molar-refractivity contribution in [2.45, 2.75) is 26.7 Å². The van der Waals surface area contributed by atoms with Gasteiger partial charge in [-0.25, -0.2) is 13.4 Å². The van der Waals surface area contributed by atoms with Crippen molar-refractivity contribution in [3.8, 4) is 0 Å². The molecule has 6 nitrogen and oxygen atoms in total. The second-order valence-electron chi connectivity index (χ2n) is 4.78. The quantitative estimate of drug-likeness (QED) is 0.421. The Kier molecular flexibility index (Phi) is 7.66. The third kappa shape index (κ3) is 8.67. The number of thiazole rings is 1. The third-order valence-electron chi connectivity index (χ3n) is 2.63. The van der Waals surface area contributed by atoms with E-state index in [0.717, 1.165) is 36.2 Å². The van der Waals surface area contributed by atoms with E-state index >= 15 is 0 Å². The molecule has 0 unspecified atom stereocenters. The number of hydrogen-bond acceptors (Lipinski definition) is 5. The first-order valence-electron chi connectivity index (χ1n) is 7.01. The molecule has 0 fully saturated rings. The van der Waals surface area contributed by atoms with Crippen LogP contribution in [0, 0.1) is 6.92 Å². The highest BCUT2D eigenvalue weighted by Crippen LogP contribution is 2.07. The standard InChI is InChI=1S/C13H24N4O2S2/c1-4-14-13(15-7-5-9-21(3,18)19)16-8-6-12-10-20-11(2)17-12/h10H,4-9H2,1-3H3,(H2,14,15,16). The summed E-state index contributed by atoms with van der Waals surface area (Å²) in [5.41, 5.74) is 1.08. The van der Waals surface area contributed by atoms with E-state index < -0.39 is 9.84 Å². The molecule has 0 bridgehead atoms. The van der Waals surface area contributed by atoms with E-state index in [1.807, 2.05) is 13.8 Å². The average Bonchev–Trinajstić information content (AvgIpc) is 2.79. The van der Waals surface area contributed by atoms with E-state index in [-0.39, 0.29) is 5.75 Å². The molecule has 0 radical (unpaired) electrons. The van der Waals surface area contributed by atoms with Crippen LogP contribution in [0.15, 0.2) is 10.4 Å². The van der Waals surface area contributed by atoms with E-state index in [2.05, 4.69) is 26.0 Å². The molecule has 1 aromatic rings. The second-order valence-corrected chi connectivity index (χ2v) is 8.10. The lowest BCUT2D eigenvalue weighted by Gasteiger charge is -2.10. The lowest BCUT2D eigenvalue weighted by atomic mass is 10.3. The lowest BCUT2D eigenvalue weighted by Crippen LogP contribution is -2.38. The SMILES string of the molecule is CCNC(=NCCCS(C)(=O)=O)NCCc1csc(C)n1. The number of nitrogens with zero attached hydrogens (tertiary/aromatic N) is 2. The number of guanidine groups is 1. The van der Waals surface area contributed by atoms with E-state index in [9.17, 15) is 8.42 Å². The van der Waals surface area contributed by atoms with E-state index in [1.165, 1.54) is 6.26 Å². The molecule has 120 valence electrons. The predicted octanol–water partition coefficient (Wildman–Crippen LogP) is 0.984. The molecule has 0 amide bonds. The molecule has 0 atom stereocenters. The minimum absolute atomic E-state index is 0.175. The normalized spacial score (nSPS) is 12.4. The summed E-state index contributed by atoms with van der Waals surface area (Å²) in [6, 6.07) is 0. The Labute approximate surface area is 131 Å². The fraction of sp³-hybridized carbons (Fsp3) is 0.692. The van der Waals surface area contributed by atoms with Crippen LogP contribution < -0.4 is 10.6 Å². The van der Waals surface area contributed by atoms with Crippen LogP contribution in [-0.4, -0.2) is 51.0 Å². The predicted molar refractivity (Wildman–Crippen MR) is 88.9 cm³/mol. The highest BCUT2D eigenvalue weighted by atomic mass is 32.2. The van der Waals surface area contributed by atoms with Crippen molar-refractivity contribution < 1.29 is 8.42 Å². The molecular formula is C13H24N4O2S2. The molecule has 21 heavy (non-hydrogen) atoms. The summed E-state index contributed by atoms with van der Waals surface area (Å²) in [5.74, 6) is 0.895. The highest BCUT2D eigenvalue weighted by Gasteiger charge is 2.02. The van der Waals surface area contributed by atoms with Gasteiger partial charge in [-0.2, -0.15) is 0 Å². The van der Waals surface area contributed by atoms with Crippen molar-refractivity contribution in [2.24, 2.45) is 4.99 Å². The lowest BCUT2D eigenvalue weighted by molar-refractivity contribution is 0.599. The van der Waals surface area contributed by atoms with Crippen molar-refractivity contribution in [2.75, 3.05) is 31.6 Å². The first-order valence-corrected chi connectivity index (χ1v) is 9.95. The molecule has 0 saturated heterocycles. The van der Waals surface area contributed by atoms with E-state index in [0.29, 0.717) is 13.0 Å². The van der Waals surface area contributed by atoms with Crippen LogP contribution in [0.5, 0.6) is 0 Å². The first-order chi connectivity index (χ1) is 9.90. The topological polar surface area (TPSA) is 83.5 Å². The van der Waals surface area contributed by atoms with Gasteiger partial charge in [0, 0.05) is 37.7 Å². The van der Waals surface area contributed by atoms with Crippen LogP contribution in [0.1, 0.15) is 24.0 Å². The van der Waals surface area contributed by atoms with Gasteiger partial charge >= 0.3 is 0 Å². The van der Waals surface area contributed by atoms with Crippen LogP contribution in [0.3, 0.4) is 0 Å². The summed E-state index contributed by atoms with van der Waals surface area (Å²) >= 11 is 1.65. The Morgan fingerprint density at radius 3 is 2.76 bits per heavy atom. The van der Waals surface area contributed by atoms with Crippen LogP contribution in [0.2, 0.25) is 0 Å². The van der Waals surface area contributed by atoms with Crippen molar-refractivity contribution in [1.29, 1.82) is 0 Å². The Hall–Kier alpha value is -1.15. The Morgan fingerprint density at radius 1 is 1.43 bits per heavy atom. The Balaban J connectivity index is 2.34. The minimum Gasteiger partial charge on any atom is -0.357 e. The molecular weight excluding hydrogens is 308 g/mol.